The molecule has 3 heterocycles. The topological polar surface area (TPSA) is 29.0 Å². The molecule has 3 nitrogen and oxygen atoms in total. The zero-order valence-corrected chi connectivity index (χ0v) is 14.6. The molecular formula is C18H18ClN3S. The van der Waals surface area contributed by atoms with E-state index >= 15 is 0 Å². The van der Waals surface area contributed by atoms with Gasteiger partial charge in [-0.15, -0.1) is 11.3 Å². The van der Waals surface area contributed by atoms with Gasteiger partial charge in [0.05, 0.1) is 5.39 Å². The third-order valence-corrected chi connectivity index (χ3v) is 5.82. The molecule has 3 aromatic rings. The van der Waals surface area contributed by atoms with E-state index in [-0.39, 0.29) is 0 Å². The van der Waals surface area contributed by atoms with Crippen molar-refractivity contribution >= 4 is 33.2 Å². The fraction of sp³-hybridized carbons (Fsp3) is 0.333. The van der Waals surface area contributed by atoms with E-state index in [0.717, 1.165) is 48.5 Å². The fourth-order valence-electron chi connectivity index (χ4n) is 3.17. The molecule has 1 aliphatic heterocycles. The van der Waals surface area contributed by atoms with Gasteiger partial charge >= 0.3 is 0 Å². The second-order valence-corrected chi connectivity index (χ2v) is 7.34. The summed E-state index contributed by atoms with van der Waals surface area (Å²) in [5.41, 5.74) is 2.58. The Kier molecular flexibility index (Phi) is 4.05. The van der Waals surface area contributed by atoms with Crippen molar-refractivity contribution < 1.29 is 0 Å². The number of hydrogen-bond donors (Lipinski definition) is 0. The van der Waals surface area contributed by atoms with Crippen molar-refractivity contribution in [2.24, 2.45) is 0 Å². The van der Waals surface area contributed by atoms with Crippen LogP contribution < -0.4 is 0 Å². The minimum Gasteiger partial charge on any atom is -0.298 e. The van der Waals surface area contributed by atoms with Crippen molar-refractivity contribution in [1.82, 2.24) is 14.9 Å². The second-order valence-electron chi connectivity index (χ2n) is 5.90. The molecule has 0 atom stereocenters. The van der Waals surface area contributed by atoms with Crippen molar-refractivity contribution in [1.29, 1.82) is 0 Å². The van der Waals surface area contributed by atoms with Crippen LogP contribution in [0.1, 0.15) is 28.8 Å². The highest BCUT2D eigenvalue weighted by Gasteiger charge is 2.23. The first kappa shape index (κ1) is 15.1. The van der Waals surface area contributed by atoms with Crippen LogP contribution in [-0.4, -0.2) is 28.0 Å². The van der Waals surface area contributed by atoms with Gasteiger partial charge in [-0.25, -0.2) is 9.97 Å². The summed E-state index contributed by atoms with van der Waals surface area (Å²) in [7, 11) is 0. The zero-order chi connectivity index (χ0) is 15.8. The molecule has 4 rings (SSSR count). The van der Waals surface area contributed by atoms with Gasteiger partial charge in [0.25, 0.3) is 0 Å². The van der Waals surface area contributed by atoms with Gasteiger partial charge < -0.3 is 0 Å². The Morgan fingerprint density at radius 1 is 1.22 bits per heavy atom. The summed E-state index contributed by atoms with van der Waals surface area (Å²) in [6.07, 6.45) is 1.77. The van der Waals surface area contributed by atoms with E-state index in [1.165, 1.54) is 16.0 Å². The molecule has 0 amide bonds. The molecule has 23 heavy (non-hydrogen) atoms. The Bertz CT molecular complexity index is 844. The maximum Gasteiger partial charge on any atom is 0.141 e. The molecular weight excluding hydrogens is 326 g/mol. The third kappa shape index (κ3) is 2.87. The van der Waals surface area contributed by atoms with Gasteiger partial charge in [-0.2, -0.15) is 0 Å². The van der Waals surface area contributed by atoms with Crippen molar-refractivity contribution in [2.45, 2.75) is 26.3 Å². The minimum absolute atomic E-state index is 0.614. The number of nitrogens with zero attached hydrogens (tertiary/aromatic N) is 3. The molecule has 0 N–H and O–H groups in total. The molecule has 2 aromatic heterocycles. The molecule has 0 bridgehead atoms. The molecule has 0 radical (unpaired) electrons. The van der Waals surface area contributed by atoms with E-state index in [9.17, 15) is 0 Å². The average molecular weight is 344 g/mol. The van der Waals surface area contributed by atoms with Crippen LogP contribution in [0.3, 0.4) is 0 Å². The highest BCUT2D eigenvalue weighted by Crippen LogP contribution is 2.37. The molecule has 118 valence electrons. The number of likely N-dealkylation sites (N-methyl/N-ethyl adjacent to an activating group) is 1. The Hall–Kier alpha value is -1.49. The first-order valence-electron chi connectivity index (χ1n) is 7.97. The van der Waals surface area contributed by atoms with E-state index in [0.29, 0.717) is 5.15 Å². The van der Waals surface area contributed by atoms with Crippen LogP contribution in [-0.2, 0) is 19.4 Å². The van der Waals surface area contributed by atoms with E-state index in [1.54, 1.807) is 11.3 Å². The molecule has 5 heteroatoms. The molecule has 0 aliphatic carbocycles. The molecule has 0 saturated heterocycles. The highest BCUT2D eigenvalue weighted by molar-refractivity contribution is 7.19. The van der Waals surface area contributed by atoms with Gasteiger partial charge in [0.15, 0.2) is 0 Å². The van der Waals surface area contributed by atoms with Crippen LogP contribution >= 0.6 is 22.9 Å². The highest BCUT2D eigenvalue weighted by atomic mass is 35.5. The lowest BCUT2D eigenvalue weighted by atomic mass is 10.1. The minimum atomic E-state index is 0.614. The lowest BCUT2D eigenvalue weighted by Crippen LogP contribution is -2.29. The number of halogens is 1. The summed E-state index contributed by atoms with van der Waals surface area (Å²) in [6, 6.07) is 10.3. The van der Waals surface area contributed by atoms with Crippen molar-refractivity contribution in [3.63, 3.8) is 0 Å². The molecule has 0 saturated carbocycles. The van der Waals surface area contributed by atoms with Gasteiger partial charge in [0, 0.05) is 24.4 Å². The largest absolute Gasteiger partial charge is 0.298 e. The SMILES string of the molecule is CCN1CCc2c(sc3nc(Cc4ccccc4)nc(Cl)c23)C1. The molecule has 0 spiro atoms. The van der Waals surface area contributed by atoms with E-state index < -0.39 is 0 Å². The number of benzene rings is 1. The van der Waals surface area contributed by atoms with E-state index in [2.05, 4.69) is 28.9 Å². The second kappa shape index (κ2) is 6.19. The van der Waals surface area contributed by atoms with Crippen LogP contribution in [0, 0.1) is 0 Å². The van der Waals surface area contributed by atoms with Crippen LogP contribution in [0.4, 0.5) is 0 Å². The van der Waals surface area contributed by atoms with Crippen LogP contribution in [0.25, 0.3) is 10.2 Å². The Morgan fingerprint density at radius 3 is 2.83 bits per heavy atom. The maximum atomic E-state index is 6.52. The number of aromatic nitrogens is 2. The predicted molar refractivity (Wildman–Crippen MR) is 96.3 cm³/mol. The lowest BCUT2D eigenvalue weighted by molar-refractivity contribution is 0.272. The summed E-state index contributed by atoms with van der Waals surface area (Å²) in [4.78, 5) is 14.3. The van der Waals surface area contributed by atoms with E-state index in [1.807, 2.05) is 18.2 Å². The molecule has 0 unspecified atom stereocenters. The normalized spacial score (nSPS) is 15.0. The Morgan fingerprint density at radius 2 is 2.04 bits per heavy atom. The predicted octanol–water partition coefficient (Wildman–Crippen LogP) is 4.31. The van der Waals surface area contributed by atoms with Crippen LogP contribution in [0.2, 0.25) is 5.15 Å². The zero-order valence-electron chi connectivity index (χ0n) is 13.1. The van der Waals surface area contributed by atoms with Gasteiger partial charge in [-0.3, -0.25) is 4.90 Å². The monoisotopic (exact) mass is 343 g/mol. The van der Waals surface area contributed by atoms with Crippen molar-refractivity contribution in [3.05, 3.63) is 57.3 Å². The first-order chi connectivity index (χ1) is 11.2. The Balaban J connectivity index is 1.74. The number of hydrogen-bond acceptors (Lipinski definition) is 4. The summed E-state index contributed by atoms with van der Waals surface area (Å²) >= 11 is 8.30. The number of fused-ring (bicyclic) bond motifs is 3. The average Bonchev–Trinajstić information content (AvgIpc) is 2.93. The number of thiophene rings is 1. The van der Waals surface area contributed by atoms with E-state index in [4.69, 9.17) is 16.6 Å². The maximum absolute atomic E-state index is 6.52. The lowest BCUT2D eigenvalue weighted by Gasteiger charge is -2.25. The summed E-state index contributed by atoms with van der Waals surface area (Å²) in [6.45, 7) is 5.41. The smallest absolute Gasteiger partial charge is 0.141 e. The van der Waals surface area contributed by atoms with Gasteiger partial charge in [-0.05, 0) is 24.1 Å². The molecule has 1 aromatic carbocycles. The first-order valence-corrected chi connectivity index (χ1v) is 9.17. The Labute approximate surface area is 144 Å². The standard InChI is InChI=1S/C18H18ClN3S/c1-2-22-9-8-13-14(11-22)23-18-16(13)17(19)20-15(21-18)10-12-6-4-3-5-7-12/h3-7H,2,8-11H2,1H3. The number of rotatable bonds is 3. The van der Waals surface area contributed by atoms with Crippen molar-refractivity contribution in [2.75, 3.05) is 13.1 Å². The molecule has 0 fully saturated rings. The van der Waals surface area contributed by atoms with Crippen LogP contribution in [0.15, 0.2) is 30.3 Å². The third-order valence-electron chi connectivity index (χ3n) is 4.43. The molecule has 1 aliphatic rings. The fourth-order valence-corrected chi connectivity index (χ4v) is 4.81. The van der Waals surface area contributed by atoms with Gasteiger partial charge in [0.1, 0.15) is 15.8 Å². The summed E-state index contributed by atoms with van der Waals surface area (Å²) in [5.74, 6) is 0.805. The van der Waals surface area contributed by atoms with Crippen LogP contribution in [0.5, 0.6) is 0 Å². The summed E-state index contributed by atoms with van der Waals surface area (Å²) < 4.78 is 0. The summed E-state index contributed by atoms with van der Waals surface area (Å²) in [5, 5.41) is 1.70. The van der Waals surface area contributed by atoms with Gasteiger partial charge in [-0.1, -0.05) is 48.9 Å². The quantitative estimate of drug-likeness (QED) is 0.663. The van der Waals surface area contributed by atoms with Gasteiger partial charge in [0.2, 0.25) is 0 Å². The van der Waals surface area contributed by atoms with Crippen molar-refractivity contribution in [3.8, 4) is 0 Å².